The number of aromatic nitrogens is 2. The fourth-order valence-corrected chi connectivity index (χ4v) is 4.51. The predicted octanol–water partition coefficient (Wildman–Crippen LogP) is 1.76. The van der Waals surface area contributed by atoms with Crippen molar-refractivity contribution in [2.24, 2.45) is 4.99 Å². The molecule has 0 radical (unpaired) electrons. The molecule has 0 amide bonds. The second kappa shape index (κ2) is 8.91. The maximum Gasteiger partial charge on any atom is 0.335 e. The number of hydrogen-bond donors (Lipinski definition) is 2. The van der Waals surface area contributed by atoms with Crippen molar-refractivity contribution in [2.45, 2.75) is 12.5 Å². The lowest BCUT2D eigenvalue weighted by Gasteiger charge is -2.35. The fourth-order valence-electron chi connectivity index (χ4n) is 4.51. The first-order valence-corrected chi connectivity index (χ1v) is 10.9. The maximum absolute atomic E-state index is 13.7. The second-order valence-corrected chi connectivity index (χ2v) is 8.27. The molecule has 35 heavy (non-hydrogen) atoms. The number of rotatable bonds is 5. The van der Waals surface area contributed by atoms with Gasteiger partial charge in [-0.05, 0) is 43.3 Å². The standard InChI is InChI=1S/C24H23FN4O6/c1-28-7-6-13-8-18-20(35-12-34-18)21(33-2)19(13)17(28)11-26-10-16-22(30)27-24(32)29(23(16)31)15-5-3-4-14(25)9-15/h3-5,8-10,17,31H,6-7,11-12H2,1-2H3,(H,27,30,32)/t17-/m1/s1. The van der Waals surface area contributed by atoms with Crippen LogP contribution < -0.4 is 25.5 Å². The van der Waals surface area contributed by atoms with E-state index in [-0.39, 0.29) is 30.6 Å². The maximum atomic E-state index is 13.7. The van der Waals surface area contributed by atoms with Crippen LogP contribution in [0, 0.1) is 5.82 Å². The molecule has 1 atom stereocenters. The molecule has 11 heteroatoms. The van der Waals surface area contributed by atoms with E-state index in [4.69, 9.17) is 14.2 Å². The average Bonchev–Trinajstić information content (AvgIpc) is 3.29. The van der Waals surface area contributed by atoms with E-state index in [2.05, 4.69) is 14.9 Å². The number of aromatic amines is 1. The smallest absolute Gasteiger partial charge is 0.335 e. The highest BCUT2D eigenvalue weighted by molar-refractivity contribution is 5.82. The van der Waals surface area contributed by atoms with Gasteiger partial charge in [-0.15, -0.1) is 0 Å². The molecule has 0 saturated heterocycles. The van der Waals surface area contributed by atoms with Gasteiger partial charge in [-0.25, -0.2) is 13.8 Å². The third kappa shape index (κ3) is 3.93. The number of H-pyrrole nitrogens is 1. The van der Waals surface area contributed by atoms with Crippen molar-refractivity contribution in [1.82, 2.24) is 14.5 Å². The molecule has 2 aromatic carbocycles. The van der Waals surface area contributed by atoms with Gasteiger partial charge in [0.1, 0.15) is 11.4 Å². The zero-order chi connectivity index (χ0) is 24.7. The van der Waals surface area contributed by atoms with Crippen LogP contribution in [0.3, 0.4) is 0 Å². The van der Waals surface area contributed by atoms with Gasteiger partial charge >= 0.3 is 5.69 Å². The first-order chi connectivity index (χ1) is 16.9. The number of nitrogens with zero attached hydrogens (tertiary/aromatic N) is 3. The SMILES string of the molecule is COc1c2c(cc3c1[C@@H](CN=Cc1c(O)n(-c4cccc(F)c4)c(=O)[nH]c1=O)N(C)CC3)OCO2. The molecule has 0 fully saturated rings. The molecular weight excluding hydrogens is 459 g/mol. The Bertz CT molecular complexity index is 1450. The molecule has 1 aromatic heterocycles. The first-order valence-electron chi connectivity index (χ1n) is 10.9. The number of aromatic hydroxyl groups is 1. The highest BCUT2D eigenvalue weighted by Gasteiger charge is 2.33. The van der Waals surface area contributed by atoms with Crippen LogP contribution in [-0.4, -0.2) is 59.8 Å². The number of methoxy groups -OCH3 is 1. The van der Waals surface area contributed by atoms with Crippen LogP contribution in [0.4, 0.5) is 4.39 Å². The topological polar surface area (TPSA) is 118 Å². The van der Waals surface area contributed by atoms with Crippen LogP contribution in [0.1, 0.15) is 22.7 Å². The summed E-state index contributed by atoms with van der Waals surface area (Å²) < 4.78 is 31.3. The van der Waals surface area contributed by atoms with E-state index < -0.39 is 22.9 Å². The van der Waals surface area contributed by atoms with Crippen molar-refractivity contribution in [2.75, 3.05) is 34.0 Å². The summed E-state index contributed by atoms with van der Waals surface area (Å²) in [5, 5.41) is 10.7. The molecule has 0 aliphatic carbocycles. The lowest BCUT2D eigenvalue weighted by atomic mass is 9.91. The lowest BCUT2D eigenvalue weighted by Crippen LogP contribution is -2.34. The Morgan fingerprint density at radius 1 is 1.31 bits per heavy atom. The van der Waals surface area contributed by atoms with Crippen molar-refractivity contribution >= 4 is 6.21 Å². The minimum Gasteiger partial charge on any atom is -0.493 e. The number of benzene rings is 2. The van der Waals surface area contributed by atoms with Gasteiger partial charge in [0, 0.05) is 18.3 Å². The Kier molecular flexibility index (Phi) is 5.77. The van der Waals surface area contributed by atoms with Gasteiger partial charge in [-0.2, -0.15) is 0 Å². The molecule has 0 spiro atoms. The Morgan fingerprint density at radius 2 is 2.14 bits per heavy atom. The van der Waals surface area contributed by atoms with Gasteiger partial charge in [0.05, 0.1) is 25.4 Å². The molecule has 5 rings (SSSR count). The van der Waals surface area contributed by atoms with Crippen LogP contribution >= 0.6 is 0 Å². The van der Waals surface area contributed by atoms with Crippen LogP contribution in [0.15, 0.2) is 44.9 Å². The average molecular weight is 482 g/mol. The van der Waals surface area contributed by atoms with Crippen molar-refractivity contribution in [1.29, 1.82) is 0 Å². The normalized spacial score (nSPS) is 17.1. The minimum absolute atomic E-state index is 0.0696. The fraction of sp³-hybridized carbons (Fsp3) is 0.292. The molecule has 3 heterocycles. The van der Waals surface area contributed by atoms with Crippen molar-refractivity contribution < 1.29 is 23.7 Å². The Hall–Kier alpha value is -4.12. The summed E-state index contributed by atoms with van der Waals surface area (Å²) in [5.74, 6) is 0.549. The van der Waals surface area contributed by atoms with Gasteiger partial charge < -0.3 is 19.3 Å². The van der Waals surface area contributed by atoms with Gasteiger partial charge in [0.25, 0.3) is 5.56 Å². The lowest BCUT2D eigenvalue weighted by molar-refractivity contribution is 0.170. The Morgan fingerprint density at radius 3 is 2.91 bits per heavy atom. The number of hydrogen-bond acceptors (Lipinski definition) is 8. The third-order valence-corrected chi connectivity index (χ3v) is 6.23. The van der Waals surface area contributed by atoms with Gasteiger partial charge in [0.15, 0.2) is 11.5 Å². The zero-order valence-electron chi connectivity index (χ0n) is 19.1. The van der Waals surface area contributed by atoms with E-state index in [1.165, 1.54) is 24.4 Å². The largest absolute Gasteiger partial charge is 0.493 e. The molecule has 0 saturated carbocycles. The summed E-state index contributed by atoms with van der Waals surface area (Å²) in [6.45, 7) is 1.13. The summed E-state index contributed by atoms with van der Waals surface area (Å²) >= 11 is 0. The first kappa shape index (κ1) is 22.7. The van der Waals surface area contributed by atoms with Gasteiger partial charge in [-0.1, -0.05) is 6.07 Å². The van der Waals surface area contributed by atoms with Crippen molar-refractivity contribution in [3.05, 3.63) is 73.7 Å². The van der Waals surface area contributed by atoms with Crippen LogP contribution in [0.5, 0.6) is 23.1 Å². The number of aliphatic imine (C=N–C) groups is 1. The zero-order valence-corrected chi connectivity index (χ0v) is 19.1. The van der Waals surface area contributed by atoms with Crippen molar-refractivity contribution in [3.63, 3.8) is 0 Å². The van der Waals surface area contributed by atoms with E-state index in [9.17, 15) is 19.1 Å². The number of ether oxygens (including phenoxy) is 3. The quantitative estimate of drug-likeness (QED) is 0.532. The number of fused-ring (bicyclic) bond motifs is 2. The number of likely N-dealkylation sites (N-methyl/N-ethyl adjacent to an activating group) is 1. The monoisotopic (exact) mass is 482 g/mol. The van der Waals surface area contributed by atoms with Crippen LogP contribution in [0.2, 0.25) is 0 Å². The highest BCUT2D eigenvalue weighted by Crippen LogP contribution is 2.49. The second-order valence-electron chi connectivity index (χ2n) is 8.27. The molecule has 0 unspecified atom stereocenters. The third-order valence-electron chi connectivity index (χ3n) is 6.23. The molecular formula is C24H23FN4O6. The number of halogens is 1. The Labute approximate surface area is 198 Å². The molecule has 0 bridgehead atoms. The molecule has 182 valence electrons. The van der Waals surface area contributed by atoms with Crippen molar-refractivity contribution in [3.8, 4) is 28.8 Å². The highest BCUT2D eigenvalue weighted by atomic mass is 19.1. The predicted molar refractivity (Wildman–Crippen MR) is 125 cm³/mol. The van der Waals surface area contributed by atoms with Crippen LogP contribution in [0.25, 0.3) is 5.69 Å². The van der Waals surface area contributed by atoms with E-state index in [1.54, 1.807) is 7.11 Å². The van der Waals surface area contributed by atoms with Gasteiger partial charge in [0.2, 0.25) is 18.4 Å². The van der Waals surface area contributed by atoms with Crippen LogP contribution in [-0.2, 0) is 6.42 Å². The Balaban J connectivity index is 1.51. The molecule has 2 aliphatic heterocycles. The molecule has 10 nitrogen and oxygen atoms in total. The van der Waals surface area contributed by atoms with E-state index >= 15 is 0 Å². The summed E-state index contributed by atoms with van der Waals surface area (Å²) in [5.41, 5.74) is 0.139. The molecule has 2 aliphatic rings. The summed E-state index contributed by atoms with van der Waals surface area (Å²) in [6, 6.07) is 6.87. The van der Waals surface area contributed by atoms with E-state index in [1.807, 2.05) is 13.1 Å². The van der Waals surface area contributed by atoms with Gasteiger partial charge in [-0.3, -0.25) is 19.7 Å². The molecule has 2 N–H and O–H groups in total. The van der Waals surface area contributed by atoms with E-state index in [0.717, 1.165) is 34.7 Å². The summed E-state index contributed by atoms with van der Waals surface area (Å²) in [7, 11) is 3.53. The molecule has 3 aromatic rings. The summed E-state index contributed by atoms with van der Waals surface area (Å²) in [6.07, 6.45) is 2.00. The minimum atomic E-state index is -0.892. The number of nitrogens with one attached hydrogen (secondary N) is 1. The summed E-state index contributed by atoms with van der Waals surface area (Å²) in [4.78, 5) is 33.4. The van der Waals surface area contributed by atoms with E-state index in [0.29, 0.717) is 17.2 Å².